The normalized spacial score (nSPS) is 17.3. The molecule has 0 aliphatic carbocycles. The third-order valence-corrected chi connectivity index (χ3v) is 3.79. The quantitative estimate of drug-likeness (QED) is 0.899. The van der Waals surface area contributed by atoms with E-state index in [9.17, 15) is 9.59 Å². The van der Waals surface area contributed by atoms with Crippen LogP contribution in [0.3, 0.4) is 0 Å². The van der Waals surface area contributed by atoms with E-state index in [-0.39, 0.29) is 24.2 Å². The van der Waals surface area contributed by atoms with Crippen LogP contribution in [0.5, 0.6) is 0 Å². The second kappa shape index (κ2) is 7.65. The first-order valence-electron chi connectivity index (χ1n) is 7.72. The molecule has 1 N–H and O–H groups in total. The zero-order valence-corrected chi connectivity index (χ0v) is 13.1. The summed E-state index contributed by atoms with van der Waals surface area (Å²) in [6, 6.07) is 9.79. The highest BCUT2D eigenvalue weighted by Crippen LogP contribution is 2.21. The average Bonchev–Trinajstić information content (AvgIpc) is 2.67. The summed E-state index contributed by atoms with van der Waals surface area (Å²) < 4.78 is 5.74. The maximum absolute atomic E-state index is 12.3. The molecule has 7 nitrogen and oxygen atoms in total. The molecule has 7 heteroatoms. The third kappa shape index (κ3) is 3.94. The summed E-state index contributed by atoms with van der Waals surface area (Å²) in [4.78, 5) is 33.7. The number of benzene rings is 1. The van der Waals surface area contributed by atoms with Gasteiger partial charge in [0.25, 0.3) is 5.91 Å². The third-order valence-electron chi connectivity index (χ3n) is 3.79. The van der Waals surface area contributed by atoms with E-state index in [0.717, 1.165) is 5.56 Å². The maximum atomic E-state index is 12.3. The van der Waals surface area contributed by atoms with Crippen molar-refractivity contribution in [3.8, 4) is 0 Å². The predicted octanol–water partition coefficient (Wildman–Crippen LogP) is 0.806. The minimum Gasteiger partial charge on any atom is -0.370 e. The molecule has 0 radical (unpaired) electrons. The number of nitrogens with one attached hydrogen (secondary N) is 1. The summed E-state index contributed by atoms with van der Waals surface area (Å²) in [6.07, 6.45) is 4.14. The summed E-state index contributed by atoms with van der Waals surface area (Å²) >= 11 is 0. The number of ether oxygens (including phenoxy) is 1. The second-order valence-electron chi connectivity index (χ2n) is 5.38. The van der Waals surface area contributed by atoms with Crippen LogP contribution >= 0.6 is 0 Å². The molecule has 0 unspecified atom stereocenters. The first-order valence-corrected chi connectivity index (χ1v) is 7.72. The smallest absolute Gasteiger partial charge is 0.271 e. The van der Waals surface area contributed by atoms with Gasteiger partial charge in [-0.15, -0.1) is 0 Å². The maximum Gasteiger partial charge on any atom is 0.271 e. The molecule has 0 saturated carbocycles. The van der Waals surface area contributed by atoms with Gasteiger partial charge in [0.05, 0.1) is 25.9 Å². The van der Waals surface area contributed by atoms with Crippen molar-refractivity contribution in [2.45, 2.75) is 6.10 Å². The Labute approximate surface area is 139 Å². The van der Waals surface area contributed by atoms with Crippen LogP contribution in [0, 0.1) is 0 Å². The fourth-order valence-corrected chi connectivity index (χ4v) is 2.52. The summed E-state index contributed by atoms with van der Waals surface area (Å²) in [6.45, 7) is 1.40. The van der Waals surface area contributed by atoms with Crippen molar-refractivity contribution in [2.24, 2.45) is 0 Å². The second-order valence-corrected chi connectivity index (χ2v) is 5.38. The zero-order valence-electron chi connectivity index (χ0n) is 13.1. The molecule has 3 rings (SSSR count). The molecule has 1 aromatic heterocycles. The van der Waals surface area contributed by atoms with Crippen molar-refractivity contribution in [3.05, 3.63) is 60.2 Å². The van der Waals surface area contributed by atoms with Gasteiger partial charge in [-0.05, 0) is 5.56 Å². The Morgan fingerprint density at radius 1 is 1.25 bits per heavy atom. The van der Waals surface area contributed by atoms with Gasteiger partial charge in [-0.1, -0.05) is 30.3 Å². The molecule has 2 amide bonds. The van der Waals surface area contributed by atoms with Crippen molar-refractivity contribution in [1.82, 2.24) is 20.2 Å². The number of carbonyl (C=O) groups is 2. The van der Waals surface area contributed by atoms with Gasteiger partial charge < -0.3 is 15.0 Å². The summed E-state index contributed by atoms with van der Waals surface area (Å²) in [5.41, 5.74) is 1.23. The molecular weight excluding hydrogens is 308 g/mol. The Hall–Kier alpha value is -2.80. The number of aromatic nitrogens is 2. The lowest BCUT2D eigenvalue weighted by Gasteiger charge is -2.33. The fourth-order valence-electron chi connectivity index (χ4n) is 2.52. The van der Waals surface area contributed by atoms with E-state index < -0.39 is 5.91 Å². The highest BCUT2D eigenvalue weighted by Gasteiger charge is 2.25. The largest absolute Gasteiger partial charge is 0.370 e. The van der Waals surface area contributed by atoms with Crippen LogP contribution in [0.15, 0.2) is 48.9 Å². The van der Waals surface area contributed by atoms with Gasteiger partial charge in [0.2, 0.25) is 5.91 Å². The fraction of sp³-hybridized carbons (Fsp3) is 0.294. The summed E-state index contributed by atoms with van der Waals surface area (Å²) in [5, 5.41) is 2.58. The van der Waals surface area contributed by atoms with Gasteiger partial charge >= 0.3 is 0 Å². The van der Waals surface area contributed by atoms with Crippen molar-refractivity contribution in [2.75, 3.05) is 26.2 Å². The van der Waals surface area contributed by atoms with Gasteiger partial charge in [-0.2, -0.15) is 0 Å². The van der Waals surface area contributed by atoms with E-state index in [1.54, 1.807) is 4.90 Å². The van der Waals surface area contributed by atoms with Crippen LogP contribution in [-0.4, -0.2) is 52.9 Å². The van der Waals surface area contributed by atoms with Crippen LogP contribution in [-0.2, 0) is 9.53 Å². The van der Waals surface area contributed by atoms with Crippen molar-refractivity contribution in [3.63, 3.8) is 0 Å². The molecule has 1 fully saturated rings. The van der Waals surface area contributed by atoms with Gasteiger partial charge in [0.1, 0.15) is 11.8 Å². The Balaban J connectivity index is 1.54. The number of hydrogen-bond donors (Lipinski definition) is 1. The number of hydrogen-bond acceptors (Lipinski definition) is 5. The topological polar surface area (TPSA) is 84.4 Å². The first-order chi connectivity index (χ1) is 11.7. The number of amides is 2. The van der Waals surface area contributed by atoms with Crippen molar-refractivity contribution in [1.29, 1.82) is 0 Å². The average molecular weight is 326 g/mol. The van der Waals surface area contributed by atoms with Crippen LogP contribution in [0.1, 0.15) is 22.2 Å². The zero-order chi connectivity index (χ0) is 16.8. The highest BCUT2D eigenvalue weighted by atomic mass is 16.5. The van der Waals surface area contributed by atoms with E-state index in [2.05, 4.69) is 15.3 Å². The molecule has 1 aromatic carbocycles. The van der Waals surface area contributed by atoms with Crippen molar-refractivity contribution >= 4 is 11.8 Å². The van der Waals surface area contributed by atoms with Crippen LogP contribution < -0.4 is 5.32 Å². The number of carbonyl (C=O) groups excluding carboxylic acids is 2. The lowest BCUT2D eigenvalue weighted by molar-refractivity contribution is -0.137. The van der Waals surface area contributed by atoms with E-state index in [1.807, 2.05) is 30.3 Å². The molecular formula is C17H18N4O3. The van der Waals surface area contributed by atoms with Crippen LogP contribution in [0.2, 0.25) is 0 Å². The van der Waals surface area contributed by atoms with Gasteiger partial charge in [-0.25, -0.2) is 4.98 Å². The van der Waals surface area contributed by atoms with Crippen LogP contribution in [0.4, 0.5) is 0 Å². The number of nitrogens with zero attached hydrogens (tertiary/aromatic N) is 3. The number of rotatable bonds is 4. The molecule has 2 heterocycles. The predicted molar refractivity (Wildman–Crippen MR) is 86.1 cm³/mol. The monoisotopic (exact) mass is 326 g/mol. The molecule has 24 heavy (non-hydrogen) atoms. The lowest BCUT2D eigenvalue weighted by atomic mass is 10.1. The minimum absolute atomic E-state index is 0.0725. The minimum atomic E-state index is -0.413. The van der Waals surface area contributed by atoms with E-state index >= 15 is 0 Å². The van der Waals surface area contributed by atoms with Crippen LogP contribution in [0.25, 0.3) is 0 Å². The number of morpholine rings is 1. The van der Waals surface area contributed by atoms with Gasteiger partial charge in [0.15, 0.2) is 0 Å². The Bertz CT molecular complexity index is 693. The summed E-state index contributed by atoms with van der Waals surface area (Å²) in [7, 11) is 0. The molecule has 1 aliphatic rings. The Morgan fingerprint density at radius 2 is 2.08 bits per heavy atom. The molecule has 0 bridgehead atoms. The van der Waals surface area contributed by atoms with Gasteiger partial charge in [-0.3, -0.25) is 14.6 Å². The molecule has 1 saturated heterocycles. The molecule has 1 aliphatic heterocycles. The highest BCUT2D eigenvalue weighted by molar-refractivity contribution is 5.94. The van der Waals surface area contributed by atoms with E-state index in [4.69, 9.17) is 4.74 Å². The standard InChI is InChI=1S/C17H18N4O3/c22-16(11-20-17(23)14-10-18-6-7-19-14)21-8-9-24-15(12-21)13-4-2-1-3-5-13/h1-7,10,15H,8-9,11-12H2,(H,20,23)/t15-/m0/s1. The first kappa shape index (κ1) is 16.1. The molecule has 1 atom stereocenters. The molecule has 0 spiro atoms. The lowest BCUT2D eigenvalue weighted by Crippen LogP contribution is -2.46. The van der Waals surface area contributed by atoms with Gasteiger partial charge in [0, 0.05) is 18.9 Å². The van der Waals surface area contributed by atoms with Crippen molar-refractivity contribution < 1.29 is 14.3 Å². The van der Waals surface area contributed by atoms with E-state index in [0.29, 0.717) is 19.7 Å². The Kier molecular flexibility index (Phi) is 5.12. The molecule has 124 valence electrons. The molecule has 2 aromatic rings. The SMILES string of the molecule is O=C(NCC(=O)N1CCO[C@H](c2ccccc2)C1)c1cnccn1. The Morgan fingerprint density at radius 3 is 2.83 bits per heavy atom. The summed E-state index contributed by atoms with van der Waals surface area (Å²) in [5.74, 6) is -0.555. The van der Waals surface area contributed by atoms with E-state index in [1.165, 1.54) is 18.6 Å².